The number of benzene rings is 1. The largest absolute Gasteiger partial charge is 0.447 e. The second-order valence-corrected chi connectivity index (χ2v) is 8.05. The molecule has 1 aromatic carbocycles. The second kappa shape index (κ2) is 10.0. The number of fused-ring (bicyclic) bond motifs is 1. The van der Waals surface area contributed by atoms with Gasteiger partial charge in [0.05, 0.1) is 30.9 Å². The maximum absolute atomic E-state index is 11.7. The summed E-state index contributed by atoms with van der Waals surface area (Å²) in [4.78, 5) is 23.2. The molecule has 8 nitrogen and oxygen atoms in total. The highest BCUT2D eigenvalue weighted by Gasteiger charge is 2.24. The minimum Gasteiger partial charge on any atom is -0.447 e. The van der Waals surface area contributed by atoms with Crippen LogP contribution in [0.3, 0.4) is 0 Å². The Morgan fingerprint density at radius 2 is 1.93 bits per heavy atom. The van der Waals surface area contributed by atoms with Crippen LogP contribution in [-0.2, 0) is 15.9 Å². The minimum absolute atomic E-state index is 0.0365. The van der Waals surface area contributed by atoms with Gasteiger partial charge in [-0.3, -0.25) is 9.97 Å². The Kier molecular flexibility index (Phi) is 6.96. The van der Waals surface area contributed by atoms with Gasteiger partial charge in [-0.1, -0.05) is 0 Å². The van der Waals surface area contributed by atoms with Crippen LogP contribution in [-0.4, -0.2) is 66.7 Å². The number of ether oxygens (including phenoxy) is 2. The maximum Gasteiger partial charge on any atom is 0.407 e. The third kappa shape index (κ3) is 5.17. The number of nitrogens with zero attached hydrogens (tertiary/aromatic N) is 3. The molecule has 2 fully saturated rings. The van der Waals surface area contributed by atoms with Crippen molar-refractivity contribution in [3.05, 3.63) is 30.1 Å². The van der Waals surface area contributed by atoms with E-state index in [-0.39, 0.29) is 19.3 Å². The Balaban J connectivity index is 1.42. The Bertz CT molecular complexity index is 848. The molecule has 0 atom stereocenters. The number of nitrogens with one attached hydrogen (secondary N) is 1. The molecule has 162 valence electrons. The summed E-state index contributed by atoms with van der Waals surface area (Å²) in [7, 11) is 0. The van der Waals surface area contributed by atoms with Crippen molar-refractivity contribution in [2.24, 2.45) is 5.92 Å². The van der Waals surface area contributed by atoms with Gasteiger partial charge in [0.15, 0.2) is 0 Å². The molecule has 2 N–H and O–H groups in total. The minimum atomic E-state index is -0.438. The maximum atomic E-state index is 11.7. The summed E-state index contributed by atoms with van der Waals surface area (Å²) in [5, 5.41) is 11.7. The number of anilines is 1. The number of morpholine rings is 1. The van der Waals surface area contributed by atoms with Crippen molar-refractivity contribution < 1.29 is 19.4 Å². The second-order valence-electron chi connectivity index (χ2n) is 8.05. The van der Waals surface area contributed by atoms with Gasteiger partial charge in [0.2, 0.25) is 0 Å². The fourth-order valence-corrected chi connectivity index (χ4v) is 4.46. The summed E-state index contributed by atoms with van der Waals surface area (Å²) >= 11 is 0. The van der Waals surface area contributed by atoms with Crippen molar-refractivity contribution in [2.75, 3.05) is 44.4 Å². The van der Waals surface area contributed by atoms with E-state index in [1.807, 2.05) is 0 Å². The summed E-state index contributed by atoms with van der Waals surface area (Å²) in [6, 6.07) is 4.55. The highest BCUT2D eigenvalue weighted by molar-refractivity contribution is 5.82. The van der Waals surface area contributed by atoms with Gasteiger partial charge in [0, 0.05) is 37.2 Å². The number of rotatable bonds is 6. The van der Waals surface area contributed by atoms with Gasteiger partial charge < -0.3 is 24.8 Å². The molecule has 0 radical (unpaired) electrons. The molecule has 1 saturated heterocycles. The molecule has 1 aromatic heterocycles. The van der Waals surface area contributed by atoms with E-state index in [9.17, 15) is 4.79 Å². The number of hydrogen-bond acceptors (Lipinski definition) is 7. The zero-order valence-electron chi connectivity index (χ0n) is 17.3. The Morgan fingerprint density at radius 1 is 1.17 bits per heavy atom. The van der Waals surface area contributed by atoms with Crippen LogP contribution >= 0.6 is 0 Å². The number of aliphatic hydroxyl groups excluding tert-OH is 1. The van der Waals surface area contributed by atoms with Gasteiger partial charge >= 0.3 is 6.09 Å². The zero-order chi connectivity index (χ0) is 20.8. The molecule has 8 heteroatoms. The Hall–Kier alpha value is -2.45. The van der Waals surface area contributed by atoms with Gasteiger partial charge in [-0.2, -0.15) is 0 Å². The van der Waals surface area contributed by atoms with Gasteiger partial charge in [-0.25, -0.2) is 4.79 Å². The van der Waals surface area contributed by atoms with Crippen LogP contribution < -0.4 is 10.2 Å². The van der Waals surface area contributed by atoms with Crippen molar-refractivity contribution in [3.63, 3.8) is 0 Å². The fourth-order valence-electron chi connectivity index (χ4n) is 4.46. The summed E-state index contributed by atoms with van der Waals surface area (Å²) in [5.41, 5.74) is 4.38. The van der Waals surface area contributed by atoms with E-state index in [1.165, 1.54) is 11.3 Å². The number of aromatic nitrogens is 2. The van der Waals surface area contributed by atoms with Crippen LogP contribution in [0, 0.1) is 5.92 Å². The first-order valence-corrected chi connectivity index (χ1v) is 10.8. The molecule has 1 aliphatic carbocycles. The first-order chi connectivity index (χ1) is 14.7. The lowest BCUT2D eigenvalue weighted by Crippen LogP contribution is -2.38. The number of aliphatic hydroxyl groups is 1. The molecular formula is C22H30N4O4. The molecule has 1 amide bonds. The first-order valence-electron chi connectivity index (χ1n) is 10.8. The summed E-state index contributed by atoms with van der Waals surface area (Å²) < 4.78 is 10.4. The lowest BCUT2D eigenvalue weighted by atomic mass is 9.82. The number of amides is 1. The number of carbonyl (C=O) groups excluding carboxylic acids is 1. The Morgan fingerprint density at radius 3 is 2.70 bits per heavy atom. The topological polar surface area (TPSA) is 96.8 Å². The summed E-state index contributed by atoms with van der Waals surface area (Å²) in [5.74, 6) is 0.557. The molecule has 30 heavy (non-hydrogen) atoms. The molecule has 0 bridgehead atoms. The van der Waals surface area contributed by atoms with Crippen LogP contribution in [0.1, 0.15) is 31.2 Å². The van der Waals surface area contributed by atoms with Crippen molar-refractivity contribution in [3.8, 4) is 0 Å². The molecular weight excluding hydrogens is 384 g/mol. The van der Waals surface area contributed by atoms with E-state index in [1.54, 1.807) is 12.4 Å². The van der Waals surface area contributed by atoms with E-state index in [0.717, 1.165) is 69.4 Å². The lowest BCUT2D eigenvalue weighted by Gasteiger charge is -2.31. The third-order valence-electron chi connectivity index (χ3n) is 6.02. The zero-order valence-corrected chi connectivity index (χ0v) is 17.3. The molecule has 1 saturated carbocycles. The van der Waals surface area contributed by atoms with Crippen molar-refractivity contribution >= 4 is 22.8 Å². The molecule has 2 heterocycles. The SMILES string of the molecule is O=C(NC1CCC(Cc2cc(N3CCOCC3)cc3nccnc23)CC1)OCCO. The van der Waals surface area contributed by atoms with E-state index < -0.39 is 6.09 Å². The van der Waals surface area contributed by atoms with E-state index in [4.69, 9.17) is 14.6 Å². The monoisotopic (exact) mass is 414 g/mol. The van der Waals surface area contributed by atoms with E-state index in [2.05, 4.69) is 32.3 Å². The van der Waals surface area contributed by atoms with Crippen LogP contribution in [0.5, 0.6) is 0 Å². The van der Waals surface area contributed by atoms with Crippen LogP contribution in [0.15, 0.2) is 24.5 Å². The number of carbonyl (C=O) groups is 1. The lowest BCUT2D eigenvalue weighted by molar-refractivity contribution is 0.113. The average Bonchev–Trinajstić information content (AvgIpc) is 2.79. The third-order valence-corrected chi connectivity index (χ3v) is 6.02. The van der Waals surface area contributed by atoms with Crippen LogP contribution in [0.25, 0.3) is 11.0 Å². The van der Waals surface area contributed by atoms with Gasteiger partial charge in [-0.05, 0) is 55.7 Å². The van der Waals surface area contributed by atoms with Gasteiger partial charge in [0.25, 0.3) is 0 Å². The fraction of sp³-hybridized carbons (Fsp3) is 0.591. The molecule has 0 unspecified atom stereocenters. The van der Waals surface area contributed by atoms with E-state index >= 15 is 0 Å². The van der Waals surface area contributed by atoms with Crippen LogP contribution in [0.2, 0.25) is 0 Å². The molecule has 0 spiro atoms. The molecule has 4 rings (SSSR count). The number of hydrogen-bond donors (Lipinski definition) is 2. The molecule has 2 aromatic rings. The van der Waals surface area contributed by atoms with Crippen molar-refractivity contribution in [1.82, 2.24) is 15.3 Å². The summed E-state index contributed by atoms with van der Waals surface area (Å²) in [6.45, 7) is 3.19. The molecule has 2 aliphatic rings. The smallest absolute Gasteiger partial charge is 0.407 e. The predicted octanol–water partition coefficient (Wildman–Crippen LogP) is 2.29. The standard InChI is InChI=1S/C22H30N4O4/c27-9-12-30-22(28)25-18-3-1-16(2-4-18)13-17-14-19(26-7-10-29-11-8-26)15-20-21(17)24-6-5-23-20/h5-6,14-16,18,27H,1-4,7-13H2,(H,25,28). The van der Waals surface area contributed by atoms with Gasteiger partial charge in [0.1, 0.15) is 6.61 Å². The first kappa shape index (κ1) is 20.8. The van der Waals surface area contributed by atoms with Crippen LogP contribution in [0.4, 0.5) is 10.5 Å². The van der Waals surface area contributed by atoms with Crippen molar-refractivity contribution in [1.29, 1.82) is 0 Å². The predicted molar refractivity (Wildman–Crippen MR) is 114 cm³/mol. The Labute approximate surface area is 176 Å². The average molecular weight is 415 g/mol. The number of alkyl carbamates (subject to hydrolysis) is 1. The normalized spacial score (nSPS) is 22.1. The van der Waals surface area contributed by atoms with Crippen molar-refractivity contribution in [2.45, 2.75) is 38.1 Å². The highest BCUT2D eigenvalue weighted by atomic mass is 16.6. The quantitative estimate of drug-likeness (QED) is 0.748. The van der Waals surface area contributed by atoms with E-state index in [0.29, 0.717) is 5.92 Å². The molecule has 1 aliphatic heterocycles. The highest BCUT2D eigenvalue weighted by Crippen LogP contribution is 2.31. The summed E-state index contributed by atoms with van der Waals surface area (Å²) in [6.07, 6.45) is 8.02. The van der Waals surface area contributed by atoms with Gasteiger partial charge in [-0.15, -0.1) is 0 Å².